The summed E-state index contributed by atoms with van der Waals surface area (Å²) in [7, 11) is 0. The largest absolute Gasteiger partial charge is 0.443 e. The molecule has 120 valence electrons. The van der Waals surface area contributed by atoms with E-state index in [4.69, 9.17) is 4.42 Å². The SMILES string of the molecule is CCCC[C@@H]1NC(=O)N(Cc2ncoc2-c2ccccc2)C1=O. The maximum Gasteiger partial charge on any atom is 0.325 e. The van der Waals surface area contributed by atoms with Crippen molar-refractivity contribution in [3.8, 4) is 11.3 Å². The van der Waals surface area contributed by atoms with Crippen molar-refractivity contribution in [1.29, 1.82) is 0 Å². The van der Waals surface area contributed by atoms with E-state index in [-0.39, 0.29) is 18.5 Å². The molecule has 6 nitrogen and oxygen atoms in total. The van der Waals surface area contributed by atoms with Crippen molar-refractivity contribution in [2.24, 2.45) is 0 Å². The molecule has 2 heterocycles. The molecule has 1 aliphatic rings. The van der Waals surface area contributed by atoms with Gasteiger partial charge in [0.05, 0.1) is 6.54 Å². The Balaban J connectivity index is 1.77. The van der Waals surface area contributed by atoms with Gasteiger partial charge in [-0.2, -0.15) is 0 Å². The standard InChI is InChI=1S/C17H19N3O3/c1-2-3-9-13-16(21)20(17(22)19-13)10-14-15(23-11-18-14)12-7-5-4-6-8-12/h4-8,11,13H,2-3,9-10H2,1H3,(H,19,22)/t13-/m0/s1. The number of aromatic nitrogens is 1. The molecule has 23 heavy (non-hydrogen) atoms. The molecule has 0 radical (unpaired) electrons. The highest BCUT2D eigenvalue weighted by atomic mass is 16.3. The molecular formula is C17H19N3O3. The topological polar surface area (TPSA) is 75.4 Å². The molecule has 0 bridgehead atoms. The average Bonchev–Trinajstić information content (AvgIpc) is 3.14. The average molecular weight is 313 g/mol. The Kier molecular flexibility index (Phi) is 4.41. The molecule has 1 fully saturated rings. The van der Waals surface area contributed by atoms with Crippen LogP contribution >= 0.6 is 0 Å². The van der Waals surface area contributed by atoms with Gasteiger partial charge in [0.15, 0.2) is 12.2 Å². The Morgan fingerprint density at radius 1 is 1.26 bits per heavy atom. The molecule has 0 saturated carbocycles. The first-order chi connectivity index (χ1) is 11.2. The third kappa shape index (κ3) is 3.11. The van der Waals surface area contributed by atoms with Crippen LogP contribution in [0.2, 0.25) is 0 Å². The number of urea groups is 1. The van der Waals surface area contributed by atoms with E-state index in [1.165, 1.54) is 11.3 Å². The van der Waals surface area contributed by atoms with Gasteiger partial charge in [0.25, 0.3) is 5.91 Å². The lowest BCUT2D eigenvalue weighted by Crippen LogP contribution is -2.31. The van der Waals surface area contributed by atoms with Crippen molar-refractivity contribution in [3.05, 3.63) is 42.4 Å². The molecule has 1 N–H and O–H groups in total. The molecule has 1 saturated heterocycles. The number of rotatable bonds is 6. The number of carbonyl (C=O) groups excluding carboxylic acids is 2. The smallest absolute Gasteiger partial charge is 0.325 e. The third-order valence-corrected chi connectivity index (χ3v) is 3.94. The van der Waals surface area contributed by atoms with Crippen molar-refractivity contribution in [2.45, 2.75) is 38.8 Å². The van der Waals surface area contributed by atoms with Crippen LogP contribution in [-0.4, -0.2) is 27.9 Å². The fourth-order valence-electron chi connectivity index (χ4n) is 2.69. The van der Waals surface area contributed by atoms with E-state index in [9.17, 15) is 9.59 Å². The van der Waals surface area contributed by atoms with E-state index >= 15 is 0 Å². The summed E-state index contributed by atoms with van der Waals surface area (Å²) in [6.45, 7) is 2.18. The summed E-state index contributed by atoms with van der Waals surface area (Å²) in [5, 5.41) is 2.74. The minimum Gasteiger partial charge on any atom is -0.443 e. The first kappa shape index (κ1) is 15.3. The molecule has 0 spiro atoms. The lowest BCUT2D eigenvalue weighted by molar-refractivity contribution is -0.128. The van der Waals surface area contributed by atoms with Crippen LogP contribution in [0.5, 0.6) is 0 Å². The van der Waals surface area contributed by atoms with Gasteiger partial charge in [-0.25, -0.2) is 9.78 Å². The Labute approximate surface area is 134 Å². The second-order valence-corrected chi connectivity index (χ2v) is 5.56. The van der Waals surface area contributed by atoms with E-state index in [2.05, 4.69) is 17.2 Å². The Morgan fingerprint density at radius 3 is 2.78 bits per heavy atom. The van der Waals surface area contributed by atoms with E-state index in [1.54, 1.807) is 0 Å². The lowest BCUT2D eigenvalue weighted by atomic mass is 10.1. The number of nitrogens with one attached hydrogen (secondary N) is 1. The lowest BCUT2D eigenvalue weighted by Gasteiger charge is -2.12. The highest BCUT2D eigenvalue weighted by Gasteiger charge is 2.38. The van der Waals surface area contributed by atoms with Crippen LogP contribution in [0.25, 0.3) is 11.3 Å². The van der Waals surface area contributed by atoms with E-state index in [0.717, 1.165) is 18.4 Å². The van der Waals surface area contributed by atoms with Crippen molar-refractivity contribution in [1.82, 2.24) is 15.2 Å². The molecule has 3 rings (SSSR count). The van der Waals surface area contributed by atoms with Gasteiger partial charge in [0.1, 0.15) is 11.7 Å². The van der Waals surface area contributed by atoms with Gasteiger partial charge in [-0.1, -0.05) is 50.1 Å². The highest BCUT2D eigenvalue weighted by molar-refractivity contribution is 6.04. The van der Waals surface area contributed by atoms with Gasteiger partial charge in [-0.15, -0.1) is 0 Å². The molecule has 0 unspecified atom stereocenters. The summed E-state index contributed by atoms with van der Waals surface area (Å²) in [6.07, 6.45) is 3.90. The minimum atomic E-state index is -0.422. The number of hydrogen-bond acceptors (Lipinski definition) is 4. The quantitative estimate of drug-likeness (QED) is 0.832. The number of hydrogen-bond donors (Lipinski definition) is 1. The van der Waals surface area contributed by atoms with Gasteiger partial charge in [0.2, 0.25) is 0 Å². The van der Waals surface area contributed by atoms with Crippen LogP contribution in [-0.2, 0) is 11.3 Å². The maximum absolute atomic E-state index is 12.4. The summed E-state index contributed by atoms with van der Waals surface area (Å²) in [5.41, 5.74) is 1.45. The summed E-state index contributed by atoms with van der Waals surface area (Å²) < 4.78 is 5.44. The molecule has 1 aromatic carbocycles. The number of nitrogens with zero attached hydrogens (tertiary/aromatic N) is 2. The fraction of sp³-hybridized carbons (Fsp3) is 0.353. The predicted molar refractivity (Wildman–Crippen MR) is 84.3 cm³/mol. The summed E-state index contributed by atoms with van der Waals surface area (Å²) in [5.74, 6) is 0.397. The molecule has 1 atom stereocenters. The number of unbranched alkanes of at least 4 members (excludes halogenated alkanes) is 1. The zero-order valence-electron chi connectivity index (χ0n) is 13.0. The summed E-state index contributed by atoms with van der Waals surface area (Å²) in [4.78, 5) is 29.8. The van der Waals surface area contributed by atoms with E-state index in [1.807, 2.05) is 30.3 Å². The fourth-order valence-corrected chi connectivity index (χ4v) is 2.69. The van der Waals surface area contributed by atoms with Crippen LogP contribution in [0.4, 0.5) is 4.79 Å². The second kappa shape index (κ2) is 6.64. The van der Waals surface area contributed by atoms with Crippen LogP contribution in [0.3, 0.4) is 0 Å². The normalized spacial score (nSPS) is 17.6. The maximum atomic E-state index is 12.4. The van der Waals surface area contributed by atoms with Crippen LogP contribution in [0.1, 0.15) is 31.9 Å². The highest BCUT2D eigenvalue weighted by Crippen LogP contribution is 2.25. The van der Waals surface area contributed by atoms with Gasteiger partial charge in [-0.05, 0) is 6.42 Å². The van der Waals surface area contributed by atoms with Crippen LogP contribution < -0.4 is 5.32 Å². The summed E-state index contributed by atoms with van der Waals surface area (Å²) in [6, 6.07) is 8.73. The first-order valence-electron chi connectivity index (χ1n) is 7.80. The summed E-state index contributed by atoms with van der Waals surface area (Å²) >= 11 is 0. The second-order valence-electron chi connectivity index (χ2n) is 5.56. The number of oxazole rings is 1. The third-order valence-electron chi connectivity index (χ3n) is 3.94. The molecule has 3 amide bonds. The molecule has 2 aromatic rings. The van der Waals surface area contributed by atoms with E-state index < -0.39 is 6.04 Å². The number of amides is 3. The number of carbonyl (C=O) groups is 2. The first-order valence-corrected chi connectivity index (χ1v) is 7.80. The van der Waals surface area contributed by atoms with Gasteiger partial charge in [-0.3, -0.25) is 9.69 Å². The van der Waals surface area contributed by atoms with Crippen LogP contribution in [0.15, 0.2) is 41.1 Å². The van der Waals surface area contributed by atoms with E-state index in [0.29, 0.717) is 17.9 Å². The number of benzene rings is 1. The Morgan fingerprint density at radius 2 is 2.04 bits per heavy atom. The van der Waals surface area contributed by atoms with Gasteiger partial charge >= 0.3 is 6.03 Å². The predicted octanol–water partition coefficient (Wildman–Crippen LogP) is 2.95. The van der Waals surface area contributed by atoms with Crippen molar-refractivity contribution < 1.29 is 14.0 Å². The monoisotopic (exact) mass is 313 g/mol. The molecule has 6 heteroatoms. The molecule has 1 aliphatic heterocycles. The molecule has 1 aromatic heterocycles. The molecule has 0 aliphatic carbocycles. The van der Waals surface area contributed by atoms with Gasteiger partial charge < -0.3 is 9.73 Å². The Hall–Kier alpha value is -2.63. The zero-order valence-corrected chi connectivity index (χ0v) is 13.0. The van der Waals surface area contributed by atoms with Crippen molar-refractivity contribution in [2.75, 3.05) is 0 Å². The van der Waals surface area contributed by atoms with Crippen molar-refractivity contribution in [3.63, 3.8) is 0 Å². The van der Waals surface area contributed by atoms with Crippen molar-refractivity contribution >= 4 is 11.9 Å². The number of imide groups is 1. The van der Waals surface area contributed by atoms with Crippen LogP contribution in [0, 0.1) is 0 Å². The zero-order chi connectivity index (χ0) is 16.2. The van der Waals surface area contributed by atoms with Gasteiger partial charge in [0, 0.05) is 5.56 Å². The minimum absolute atomic E-state index is 0.119. The Bertz CT molecular complexity index is 696. The molecular weight excluding hydrogens is 294 g/mol.